The average molecular weight is 716 g/mol. The molecule has 3 unspecified atom stereocenters. The lowest BCUT2D eigenvalue weighted by molar-refractivity contribution is -0.140. The Morgan fingerprint density at radius 1 is 1.06 bits per heavy atom. The minimum Gasteiger partial charge on any atom is -0.346 e. The van der Waals surface area contributed by atoms with Crippen LogP contribution >= 0.6 is 0 Å². The molecule has 2 saturated carbocycles. The van der Waals surface area contributed by atoms with Crippen molar-refractivity contribution in [3.8, 4) is 12.3 Å². The first-order valence-corrected chi connectivity index (χ1v) is 19.5. The molecule has 2 fully saturated rings. The third-order valence-corrected chi connectivity index (χ3v) is 12.0. The van der Waals surface area contributed by atoms with E-state index in [1.54, 1.807) is 20.8 Å². The highest BCUT2D eigenvalue weighted by molar-refractivity contribution is 7.91. The number of sulfone groups is 1. The van der Waals surface area contributed by atoms with E-state index in [1.165, 1.54) is 11.0 Å². The fourth-order valence-electron chi connectivity index (χ4n) is 7.08. The van der Waals surface area contributed by atoms with Gasteiger partial charge in [0.15, 0.2) is 9.84 Å². The number of carbonyl (C=O) groups excluding carboxylic acids is 5. The summed E-state index contributed by atoms with van der Waals surface area (Å²) in [4.78, 5) is 69.0. The molecule has 0 radical (unpaired) electrons. The number of hydrogen-bond acceptors (Lipinski definition) is 7. The number of urea groups is 1. The summed E-state index contributed by atoms with van der Waals surface area (Å²) in [7, 11) is -3.46. The summed E-state index contributed by atoms with van der Waals surface area (Å²) in [5.74, 6) is -0.512. The third kappa shape index (κ3) is 9.98. The van der Waals surface area contributed by atoms with Crippen LogP contribution in [0.4, 0.5) is 4.79 Å². The van der Waals surface area contributed by atoms with Gasteiger partial charge < -0.3 is 26.2 Å². The largest absolute Gasteiger partial charge is 0.346 e. The highest BCUT2D eigenvalue weighted by atomic mass is 32.2. The maximum atomic E-state index is 14.4. The lowest BCUT2D eigenvalue weighted by Gasteiger charge is -2.40. The van der Waals surface area contributed by atoms with Crippen molar-refractivity contribution in [2.24, 2.45) is 22.7 Å². The molecule has 1 heterocycles. The molecule has 0 bridgehead atoms. The van der Waals surface area contributed by atoms with Crippen LogP contribution in [0.3, 0.4) is 0 Å². The quantitative estimate of drug-likeness (QED) is 0.108. The Balaban J connectivity index is 1.86. The summed E-state index contributed by atoms with van der Waals surface area (Å²) in [5, 5.41) is 10.9. The van der Waals surface area contributed by atoms with Crippen LogP contribution in [0.1, 0.15) is 99.8 Å². The molecule has 5 amide bonds. The number of nitrogens with one attached hydrogen (secondary N) is 4. The van der Waals surface area contributed by atoms with Gasteiger partial charge in [-0.1, -0.05) is 73.8 Å². The SMILES string of the molecule is C#CCCC(NC(=O)C1=C2C(CN1C(=O)C(NC(=O)NC1(CS(=O)(=O)CCC(C)C)CCCCC1)C(C)(C)C)C2(C)C)C(=O)C(=O)NCC=C. The van der Waals surface area contributed by atoms with E-state index in [9.17, 15) is 32.4 Å². The molecule has 278 valence electrons. The second-order valence-electron chi connectivity index (χ2n) is 16.1. The molecule has 0 saturated heterocycles. The monoisotopic (exact) mass is 715 g/mol. The highest BCUT2D eigenvalue weighted by Crippen LogP contribution is 2.63. The van der Waals surface area contributed by atoms with Crippen LogP contribution in [0.15, 0.2) is 23.9 Å². The van der Waals surface area contributed by atoms with Gasteiger partial charge in [-0.05, 0) is 48.0 Å². The molecule has 3 atom stereocenters. The maximum absolute atomic E-state index is 14.4. The van der Waals surface area contributed by atoms with Crippen LogP contribution < -0.4 is 21.3 Å². The van der Waals surface area contributed by atoms with E-state index >= 15 is 0 Å². The van der Waals surface area contributed by atoms with E-state index < -0.39 is 62.4 Å². The zero-order valence-corrected chi connectivity index (χ0v) is 31.7. The van der Waals surface area contributed by atoms with Crippen LogP contribution in [-0.2, 0) is 29.0 Å². The second-order valence-corrected chi connectivity index (χ2v) is 18.3. The number of carbonyl (C=O) groups is 5. The smallest absolute Gasteiger partial charge is 0.315 e. The number of ketones is 1. The molecule has 0 spiro atoms. The van der Waals surface area contributed by atoms with Gasteiger partial charge in [-0.15, -0.1) is 18.9 Å². The van der Waals surface area contributed by atoms with E-state index in [0.717, 1.165) is 24.8 Å². The molecule has 4 N–H and O–H groups in total. The van der Waals surface area contributed by atoms with E-state index in [1.807, 2.05) is 27.7 Å². The Hall–Kier alpha value is -3.66. The Morgan fingerprint density at radius 2 is 1.70 bits per heavy atom. The minimum absolute atomic E-state index is 0.0211. The molecular weight excluding hydrogens is 659 g/mol. The Morgan fingerprint density at radius 3 is 2.26 bits per heavy atom. The Kier molecular flexibility index (Phi) is 13.2. The van der Waals surface area contributed by atoms with Gasteiger partial charge in [0, 0.05) is 25.4 Å². The van der Waals surface area contributed by atoms with Gasteiger partial charge in [0.05, 0.1) is 23.1 Å². The number of hydrogen-bond donors (Lipinski definition) is 4. The first kappa shape index (κ1) is 40.8. The minimum atomic E-state index is -3.46. The molecule has 3 rings (SSSR count). The number of terminal acetylenes is 1. The molecule has 3 aliphatic rings. The summed E-state index contributed by atoms with van der Waals surface area (Å²) >= 11 is 0. The molecule has 50 heavy (non-hydrogen) atoms. The molecule has 0 aromatic rings. The van der Waals surface area contributed by atoms with Crippen molar-refractivity contribution < 1.29 is 32.4 Å². The normalized spacial score (nSPS) is 20.5. The van der Waals surface area contributed by atoms with Crippen LogP contribution in [0.2, 0.25) is 0 Å². The Bertz CT molecular complexity index is 1530. The standard InChI is InChI=1S/C37H57N5O7S/c1-10-12-16-26(29(43)32(45)38-20-11-2)39-31(44)28-27-25(36(27,8)9)22-42(28)33(46)30(35(5,6)7)40-34(47)41-37(18-14-13-15-19-37)23-50(48,49)21-17-24(3)4/h1,11,24-26,30H,2,12-23H2,3-9H3,(H,38,45)(H,39,44)(H2,40,41,47). The van der Waals surface area contributed by atoms with Crippen LogP contribution in [0.5, 0.6) is 0 Å². The van der Waals surface area contributed by atoms with Gasteiger partial charge in [0.2, 0.25) is 11.7 Å². The van der Waals surface area contributed by atoms with Crippen molar-refractivity contribution in [1.29, 1.82) is 0 Å². The van der Waals surface area contributed by atoms with Gasteiger partial charge in [0.25, 0.3) is 11.8 Å². The first-order valence-electron chi connectivity index (χ1n) is 17.7. The van der Waals surface area contributed by atoms with Crippen LogP contribution in [0.25, 0.3) is 0 Å². The second kappa shape index (κ2) is 16.1. The average Bonchev–Trinajstić information content (AvgIpc) is 3.33. The van der Waals surface area contributed by atoms with Crippen molar-refractivity contribution in [2.45, 2.75) is 117 Å². The van der Waals surface area contributed by atoms with Crippen molar-refractivity contribution >= 4 is 39.4 Å². The molecule has 0 aromatic carbocycles. The van der Waals surface area contributed by atoms with E-state index in [0.29, 0.717) is 19.3 Å². The lowest BCUT2D eigenvalue weighted by Crippen LogP contribution is -2.62. The predicted octanol–water partition coefficient (Wildman–Crippen LogP) is 3.39. The lowest BCUT2D eigenvalue weighted by atomic mass is 9.83. The van der Waals surface area contributed by atoms with E-state index in [4.69, 9.17) is 6.42 Å². The summed E-state index contributed by atoms with van der Waals surface area (Å²) in [5.41, 5.74) is -1.26. The van der Waals surface area contributed by atoms with Crippen molar-refractivity contribution in [3.05, 3.63) is 23.9 Å². The van der Waals surface area contributed by atoms with Gasteiger partial charge >= 0.3 is 6.03 Å². The van der Waals surface area contributed by atoms with Crippen LogP contribution in [-0.4, -0.2) is 85.1 Å². The Labute approximate surface area is 298 Å². The van der Waals surface area contributed by atoms with E-state index in [-0.39, 0.29) is 60.4 Å². The summed E-state index contributed by atoms with van der Waals surface area (Å²) in [6.45, 7) is 17.1. The van der Waals surface area contributed by atoms with Gasteiger partial charge in [-0.2, -0.15) is 0 Å². The topological polar surface area (TPSA) is 171 Å². The molecule has 12 nitrogen and oxygen atoms in total. The number of amides is 5. The van der Waals surface area contributed by atoms with Gasteiger partial charge in [-0.25, -0.2) is 13.2 Å². The van der Waals surface area contributed by atoms with Gasteiger partial charge in [-0.3, -0.25) is 19.2 Å². The summed E-state index contributed by atoms with van der Waals surface area (Å²) in [6, 6.07) is -2.96. The van der Waals surface area contributed by atoms with Crippen molar-refractivity contribution in [1.82, 2.24) is 26.2 Å². The fourth-order valence-corrected chi connectivity index (χ4v) is 9.26. The molecule has 1 aliphatic heterocycles. The first-order chi connectivity index (χ1) is 23.2. The number of rotatable bonds is 16. The molecule has 2 aliphatic carbocycles. The summed E-state index contributed by atoms with van der Waals surface area (Å²) < 4.78 is 26.3. The predicted molar refractivity (Wildman–Crippen MR) is 193 cm³/mol. The zero-order valence-electron chi connectivity index (χ0n) is 30.9. The molecule has 0 aromatic heterocycles. The maximum Gasteiger partial charge on any atom is 0.315 e. The van der Waals surface area contributed by atoms with E-state index in [2.05, 4.69) is 33.8 Å². The number of nitrogens with zero attached hydrogens (tertiary/aromatic N) is 1. The number of fused-ring (bicyclic) bond motifs is 1. The molecule has 13 heteroatoms. The fraction of sp³-hybridized carbons (Fsp3) is 0.703. The van der Waals surface area contributed by atoms with Gasteiger partial charge in [0.1, 0.15) is 11.7 Å². The molecular formula is C37H57N5O7S. The van der Waals surface area contributed by atoms with Crippen molar-refractivity contribution in [2.75, 3.05) is 24.6 Å². The van der Waals surface area contributed by atoms with Crippen LogP contribution in [0, 0.1) is 35.0 Å². The highest BCUT2D eigenvalue weighted by Gasteiger charge is 2.62. The summed E-state index contributed by atoms with van der Waals surface area (Å²) in [6.07, 6.45) is 11.1. The third-order valence-electron chi connectivity index (χ3n) is 10.1. The zero-order chi connectivity index (χ0) is 37.7. The van der Waals surface area contributed by atoms with Crippen molar-refractivity contribution in [3.63, 3.8) is 0 Å². The number of Topliss-reactive ketones (excluding diaryl/α,β-unsaturated/α-hetero) is 1.